The molecule has 3 rings (SSSR count). The van der Waals surface area contributed by atoms with Crippen LogP contribution >= 0.6 is 22.6 Å². The number of ether oxygens (including phenoxy) is 2. The van der Waals surface area contributed by atoms with Gasteiger partial charge in [-0.1, -0.05) is 60.7 Å². The third kappa shape index (κ3) is 6.40. The fraction of sp³-hybridized carbons (Fsp3) is 0.259. The minimum atomic E-state index is -1.07. The van der Waals surface area contributed by atoms with E-state index in [9.17, 15) is 13.6 Å². The molecular formula is C27H26F2INO3. The van der Waals surface area contributed by atoms with E-state index in [1.54, 1.807) is 43.4 Å². The van der Waals surface area contributed by atoms with Gasteiger partial charge in [-0.25, -0.2) is 13.6 Å². The van der Waals surface area contributed by atoms with Crippen molar-refractivity contribution in [1.29, 1.82) is 0 Å². The third-order valence-corrected chi connectivity index (χ3v) is 6.05. The topological polar surface area (TPSA) is 47.9 Å². The molecule has 0 radical (unpaired) electrons. The number of nitrogens with zero attached hydrogens (tertiary/aromatic N) is 1. The Morgan fingerprint density at radius 3 is 1.97 bits per heavy atom. The fourth-order valence-electron chi connectivity index (χ4n) is 3.44. The molecule has 0 amide bonds. The molecule has 0 aliphatic carbocycles. The lowest BCUT2D eigenvalue weighted by molar-refractivity contribution is -0.156. The first kappa shape index (κ1) is 25.8. The maximum absolute atomic E-state index is 14.5. The first-order valence-corrected chi connectivity index (χ1v) is 11.8. The number of esters is 1. The second-order valence-corrected chi connectivity index (χ2v) is 9.71. The Morgan fingerprint density at radius 1 is 0.971 bits per heavy atom. The fourth-order valence-corrected chi connectivity index (χ4v) is 4.06. The van der Waals surface area contributed by atoms with E-state index in [4.69, 9.17) is 14.5 Å². The number of rotatable bonds is 7. The molecule has 0 spiro atoms. The van der Waals surface area contributed by atoms with E-state index in [2.05, 4.69) is 0 Å². The van der Waals surface area contributed by atoms with Crippen molar-refractivity contribution >= 4 is 34.3 Å². The zero-order valence-corrected chi connectivity index (χ0v) is 21.6. The Balaban J connectivity index is 2.18. The van der Waals surface area contributed by atoms with Gasteiger partial charge in [-0.15, -0.1) is 0 Å². The number of hydrogen-bond donors (Lipinski definition) is 0. The first-order valence-electron chi connectivity index (χ1n) is 10.7. The van der Waals surface area contributed by atoms with Crippen molar-refractivity contribution in [2.24, 2.45) is 4.99 Å². The van der Waals surface area contributed by atoms with Crippen molar-refractivity contribution in [3.8, 4) is 5.75 Å². The summed E-state index contributed by atoms with van der Waals surface area (Å²) in [7, 11) is 1.31. The van der Waals surface area contributed by atoms with Gasteiger partial charge in [0.25, 0.3) is 0 Å². The highest BCUT2D eigenvalue weighted by molar-refractivity contribution is 14.1. The van der Waals surface area contributed by atoms with Crippen molar-refractivity contribution in [2.75, 3.05) is 7.11 Å². The van der Waals surface area contributed by atoms with Gasteiger partial charge in [0.05, 0.1) is 16.4 Å². The molecule has 1 atom stereocenters. The van der Waals surface area contributed by atoms with E-state index in [-0.39, 0.29) is 21.3 Å². The van der Waals surface area contributed by atoms with Crippen LogP contribution < -0.4 is 4.74 Å². The van der Waals surface area contributed by atoms with Crippen LogP contribution in [0, 0.1) is 15.2 Å². The molecule has 34 heavy (non-hydrogen) atoms. The molecule has 0 saturated heterocycles. The molecule has 0 N–H and O–H groups in total. The molecule has 4 nitrogen and oxygen atoms in total. The van der Waals surface area contributed by atoms with Crippen LogP contribution in [0.3, 0.4) is 0 Å². The van der Waals surface area contributed by atoms with Gasteiger partial charge in [0.1, 0.15) is 11.4 Å². The van der Waals surface area contributed by atoms with Crippen LogP contribution in [0.15, 0.2) is 71.7 Å². The van der Waals surface area contributed by atoms with Crippen molar-refractivity contribution in [1.82, 2.24) is 0 Å². The van der Waals surface area contributed by atoms with Gasteiger partial charge in [-0.3, -0.25) is 4.99 Å². The second-order valence-electron chi connectivity index (χ2n) is 8.63. The summed E-state index contributed by atoms with van der Waals surface area (Å²) in [6.45, 7) is 5.27. The number of hydrogen-bond acceptors (Lipinski definition) is 4. The summed E-state index contributed by atoms with van der Waals surface area (Å²) in [6.07, 6.45) is -0.103. The lowest BCUT2D eigenvalue weighted by Gasteiger charge is -2.24. The lowest BCUT2D eigenvalue weighted by Crippen LogP contribution is -2.33. The molecule has 0 aromatic heterocycles. The van der Waals surface area contributed by atoms with E-state index < -0.39 is 29.2 Å². The predicted octanol–water partition coefficient (Wildman–Crippen LogP) is 6.37. The first-order chi connectivity index (χ1) is 16.1. The summed E-state index contributed by atoms with van der Waals surface area (Å²) in [4.78, 5) is 18.1. The molecule has 178 valence electrons. The zero-order chi connectivity index (χ0) is 24.9. The van der Waals surface area contributed by atoms with Gasteiger partial charge in [0.2, 0.25) is 0 Å². The largest absolute Gasteiger partial charge is 0.493 e. The standard InChI is InChI=1S/C27H26F2INO3/c1-27(2,3)34-26(32)22(15-19-23(30)20(28)16-21(29)25(19)33-4)31-24(17-11-7-5-8-12-17)18-13-9-6-10-14-18/h5-14,16,22H,15H2,1-4H3/t22-/m0/s1. The maximum atomic E-state index is 14.5. The third-order valence-electron chi connectivity index (χ3n) is 4.88. The van der Waals surface area contributed by atoms with Crippen LogP contribution in [0.25, 0.3) is 0 Å². The number of benzene rings is 3. The number of halogens is 3. The lowest BCUT2D eigenvalue weighted by atomic mass is 10.00. The average molecular weight is 577 g/mol. The van der Waals surface area contributed by atoms with Gasteiger partial charge in [0.15, 0.2) is 17.6 Å². The Hall–Kier alpha value is -2.81. The molecule has 7 heteroatoms. The highest BCUT2D eigenvalue weighted by Gasteiger charge is 2.29. The van der Waals surface area contributed by atoms with Crippen molar-refractivity contribution in [3.05, 3.63) is 98.6 Å². The quantitative estimate of drug-likeness (QED) is 0.142. The maximum Gasteiger partial charge on any atom is 0.331 e. The van der Waals surface area contributed by atoms with E-state index >= 15 is 0 Å². The van der Waals surface area contributed by atoms with Crippen molar-refractivity contribution < 1.29 is 23.0 Å². The summed E-state index contributed by atoms with van der Waals surface area (Å²) in [5.74, 6) is -2.28. The van der Waals surface area contributed by atoms with E-state index in [0.717, 1.165) is 17.2 Å². The summed E-state index contributed by atoms with van der Waals surface area (Å²) in [6, 6.07) is 18.6. The molecular weight excluding hydrogens is 551 g/mol. The number of aliphatic imine (C=N–C) groups is 1. The second kappa shape index (κ2) is 11.1. The molecule has 0 saturated carbocycles. The molecule has 0 heterocycles. The molecule has 3 aromatic carbocycles. The molecule has 3 aromatic rings. The molecule has 0 unspecified atom stereocenters. The van der Waals surface area contributed by atoms with E-state index in [1.165, 1.54) is 7.11 Å². The van der Waals surface area contributed by atoms with Crippen LogP contribution in [0.1, 0.15) is 37.5 Å². The Labute approximate surface area is 212 Å². The molecule has 0 bridgehead atoms. The van der Waals surface area contributed by atoms with E-state index in [1.807, 2.05) is 60.7 Å². The van der Waals surface area contributed by atoms with Crippen LogP contribution in [-0.2, 0) is 16.0 Å². The van der Waals surface area contributed by atoms with Gasteiger partial charge >= 0.3 is 5.97 Å². The van der Waals surface area contributed by atoms with Gasteiger partial charge in [-0.05, 0) is 43.4 Å². The highest BCUT2D eigenvalue weighted by atomic mass is 127. The SMILES string of the molecule is COc1c(F)cc(F)c(I)c1C[C@H](N=C(c1ccccc1)c1ccccc1)C(=O)OC(C)(C)C. The summed E-state index contributed by atoms with van der Waals surface area (Å²) in [5.41, 5.74) is 1.63. The van der Waals surface area contributed by atoms with Crippen LogP contribution in [-0.4, -0.2) is 30.4 Å². The summed E-state index contributed by atoms with van der Waals surface area (Å²) in [5, 5.41) is 0. The van der Waals surface area contributed by atoms with Gasteiger partial charge < -0.3 is 9.47 Å². The van der Waals surface area contributed by atoms with Crippen molar-refractivity contribution in [2.45, 2.75) is 38.8 Å². The van der Waals surface area contributed by atoms with Gasteiger partial charge in [-0.2, -0.15) is 0 Å². The summed E-state index contributed by atoms with van der Waals surface area (Å²) >= 11 is 1.79. The van der Waals surface area contributed by atoms with Crippen LogP contribution in [0.4, 0.5) is 8.78 Å². The average Bonchev–Trinajstić information content (AvgIpc) is 2.79. The minimum absolute atomic E-state index is 0.103. The number of methoxy groups -OCH3 is 1. The molecule has 0 aliphatic heterocycles. The predicted molar refractivity (Wildman–Crippen MR) is 137 cm³/mol. The van der Waals surface area contributed by atoms with Gasteiger partial charge in [0, 0.05) is 29.2 Å². The zero-order valence-electron chi connectivity index (χ0n) is 19.4. The minimum Gasteiger partial charge on any atom is -0.493 e. The Morgan fingerprint density at radius 2 is 1.50 bits per heavy atom. The summed E-state index contributed by atoms with van der Waals surface area (Å²) < 4.78 is 39.9. The number of carbonyl (C=O) groups is 1. The Kier molecular flexibility index (Phi) is 8.41. The smallest absolute Gasteiger partial charge is 0.331 e. The van der Waals surface area contributed by atoms with Crippen LogP contribution in [0.5, 0.6) is 5.75 Å². The monoisotopic (exact) mass is 577 g/mol. The Bertz CT molecular complexity index is 1130. The van der Waals surface area contributed by atoms with Crippen LogP contribution in [0.2, 0.25) is 0 Å². The van der Waals surface area contributed by atoms with Crippen molar-refractivity contribution in [3.63, 3.8) is 0 Å². The normalized spacial score (nSPS) is 12.1. The molecule has 0 fully saturated rings. The number of carbonyl (C=O) groups excluding carboxylic acids is 1. The highest BCUT2D eigenvalue weighted by Crippen LogP contribution is 2.32. The molecule has 0 aliphatic rings. The van der Waals surface area contributed by atoms with E-state index in [0.29, 0.717) is 5.71 Å².